The number of rotatable bonds is 6. The lowest BCUT2D eigenvalue weighted by molar-refractivity contribution is -0.115. The Labute approximate surface area is 183 Å². The minimum Gasteiger partial charge on any atom is -0.508 e. The summed E-state index contributed by atoms with van der Waals surface area (Å²) in [7, 11) is 0. The van der Waals surface area contributed by atoms with Crippen molar-refractivity contribution < 1.29 is 18.7 Å². The number of anilines is 1. The maximum Gasteiger partial charge on any atom is 0.229 e. The van der Waals surface area contributed by atoms with Crippen molar-refractivity contribution in [1.29, 1.82) is 0 Å². The molecule has 160 valence electrons. The molecule has 0 aliphatic heterocycles. The summed E-state index contributed by atoms with van der Waals surface area (Å²) in [6.45, 7) is 0. The zero-order valence-electron chi connectivity index (χ0n) is 16.9. The number of hydrogen-bond donors (Lipinski definition) is 2. The van der Waals surface area contributed by atoms with Gasteiger partial charge < -0.3 is 10.4 Å². The van der Waals surface area contributed by atoms with Gasteiger partial charge in [-0.1, -0.05) is 36.4 Å². The summed E-state index contributed by atoms with van der Waals surface area (Å²) >= 11 is 0. The first-order valence-corrected chi connectivity index (χ1v) is 9.91. The van der Waals surface area contributed by atoms with Gasteiger partial charge in [0.2, 0.25) is 5.91 Å². The molecule has 1 heterocycles. The summed E-state index contributed by atoms with van der Waals surface area (Å²) in [5.41, 5.74) is 3.25. The smallest absolute Gasteiger partial charge is 0.229 e. The highest BCUT2D eigenvalue weighted by atomic mass is 19.2. The van der Waals surface area contributed by atoms with Gasteiger partial charge in [-0.15, -0.1) is 0 Å². The van der Waals surface area contributed by atoms with E-state index in [0.717, 1.165) is 23.3 Å². The van der Waals surface area contributed by atoms with Crippen LogP contribution in [-0.2, 0) is 17.6 Å². The van der Waals surface area contributed by atoms with Gasteiger partial charge in [-0.05, 0) is 47.5 Å². The number of hydrogen-bond acceptors (Lipinski definition) is 4. The Morgan fingerprint density at radius 1 is 0.906 bits per heavy atom. The van der Waals surface area contributed by atoms with Gasteiger partial charge in [0.15, 0.2) is 17.5 Å². The van der Waals surface area contributed by atoms with Crippen molar-refractivity contribution in [3.8, 4) is 17.0 Å². The Balaban J connectivity index is 1.61. The maximum atomic E-state index is 13.4. The van der Waals surface area contributed by atoms with Crippen molar-refractivity contribution in [3.05, 3.63) is 107 Å². The van der Waals surface area contributed by atoms with Crippen LogP contribution in [-0.4, -0.2) is 21.0 Å². The van der Waals surface area contributed by atoms with Crippen molar-refractivity contribution in [2.75, 3.05) is 5.32 Å². The number of aromatic nitrogens is 2. The summed E-state index contributed by atoms with van der Waals surface area (Å²) in [6.07, 6.45) is 1.83. The van der Waals surface area contributed by atoms with Gasteiger partial charge >= 0.3 is 0 Å². The zero-order chi connectivity index (χ0) is 22.5. The number of amides is 1. The molecule has 0 atom stereocenters. The quantitative estimate of drug-likeness (QED) is 0.455. The molecule has 0 radical (unpaired) electrons. The minimum absolute atomic E-state index is 0.136. The van der Waals surface area contributed by atoms with Crippen LogP contribution < -0.4 is 5.32 Å². The molecule has 7 heteroatoms. The average molecular weight is 431 g/mol. The summed E-state index contributed by atoms with van der Waals surface area (Å²) in [5.74, 6) is -1.94. The van der Waals surface area contributed by atoms with E-state index in [1.807, 2.05) is 30.3 Å². The van der Waals surface area contributed by atoms with Crippen LogP contribution in [0.5, 0.6) is 5.75 Å². The topological polar surface area (TPSA) is 75.1 Å². The molecular weight excluding hydrogens is 412 g/mol. The van der Waals surface area contributed by atoms with Crippen LogP contribution in [0.25, 0.3) is 11.3 Å². The molecule has 0 saturated carbocycles. The van der Waals surface area contributed by atoms with E-state index in [9.17, 15) is 18.7 Å². The lowest BCUT2D eigenvalue weighted by Crippen LogP contribution is -2.18. The van der Waals surface area contributed by atoms with Crippen molar-refractivity contribution in [3.63, 3.8) is 0 Å². The molecule has 2 N–H and O–H groups in total. The second-order valence-electron chi connectivity index (χ2n) is 7.23. The van der Waals surface area contributed by atoms with Crippen LogP contribution in [0.1, 0.15) is 16.8 Å². The predicted octanol–water partition coefficient (Wildman–Crippen LogP) is 4.90. The molecular formula is C25H19F2N3O2. The third-order valence-electron chi connectivity index (χ3n) is 4.83. The number of carbonyl (C=O) groups is 1. The number of carbonyl (C=O) groups excluding carboxylic acids is 1. The first-order valence-electron chi connectivity index (χ1n) is 9.91. The lowest BCUT2D eigenvalue weighted by atomic mass is 10.1. The summed E-state index contributed by atoms with van der Waals surface area (Å²) in [5, 5.41) is 12.3. The van der Waals surface area contributed by atoms with Crippen LogP contribution in [0.3, 0.4) is 0 Å². The molecule has 32 heavy (non-hydrogen) atoms. The molecule has 0 bridgehead atoms. The number of benzene rings is 3. The minimum atomic E-state index is -1.00. The number of halogens is 2. The van der Waals surface area contributed by atoms with Gasteiger partial charge in [-0.25, -0.2) is 18.7 Å². The fourth-order valence-corrected chi connectivity index (χ4v) is 3.23. The Kier molecular flexibility index (Phi) is 6.17. The van der Waals surface area contributed by atoms with Crippen molar-refractivity contribution in [2.24, 2.45) is 0 Å². The van der Waals surface area contributed by atoms with E-state index >= 15 is 0 Å². The van der Waals surface area contributed by atoms with Crippen molar-refractivity contribution >= 4 is 11.7 Å². The Morgan fingerprint density at radius 2 is 1.66 bits per heavy atom. The SMILES string of the molecule is O=C(Cc1ccc(F)c(F)c1)Nc1ncc(-c2ccc(O)cc2)nc1Cc1ccccc1. The molecule has 1 aromatic heterocycles. The number of phenols is 1. The van der Waals surface area contributed by atoms with Crippen LogP contribution in [0, 0.1) is 11.6 Å². The van der Waals surface area contributed by atoms with E-state index in [0.29, 0.717) is 29.2 Å². The van der Waals surface area contributed by atoms with E-state index in [1.165, 1.54) is 12.3 Å². The van der Waals surface area contributed by atoms with E-state index in [1.54, 1.807) is 24.3 Å². The molecule has 0 aliphatic carbocycles. The molecule has 0 saturated heterocycles. The lowest BCUT2D eigenvalue weighted by Gasteiger charge is -2.12. The molecule has 1 amide bonds. The van der Waals surface area contributed by atoms with E-state index in [2.05, 4.69) is 15.3 Å². The molecule has 4 rings (SSSR count). The first kappa shape index (κ1) is 21.1. The van der Waals surface area contributed by atoms with Gasteiger partial charge in [0, 0.05) is 12.0 Å². The number of aromatic hydroxyl groups is 1. The molecule has 0 spiro atoms. The largest absolute Gasteiger partial charge is 0.508 e. The summed E-state index contributed by atoms with van der Waals surface area (Å²) in [6, 6.07) is 19.6. The first-order chi connectivity index (χ1) is 15.5. The van der Waals surface area contributed by atoms with E-state index in [-0.39, 0.29) is 12.2 Å². The average Bonchev–Trinajstić information content (AvgIpc) is 2.79. The second kappa shape index (κ2) is 9.34. The van der Waals surface area contributed by atoms with Crippen molar-refractivity contribution in [1.82, 2.24) is 9.97 Å². The monoisotopic (exact) mass is 431 g/mol. The van der Waals surface area contributed by atoms with Crippen molar-refractivity contribution in [2.45, 2.75) is 12.8 Å². The third-order valence-corrected chi connectivity index (χ3v) is 4.83. The van der Waals surface area contributed by atoms with Crippen LogP contribution in [0.4, 0.5) is 14.6 Å². The van der Waals surface area contributed by atoms with Crippen LogP contribution in [0.2, 0.25) is 0 Å². The third kappa shape index (κ3) is 5.13. The molecule has 0 aliphatic rings. The summed E-state index contributed by atoms with van der Waals surface area (Å²) < 4.78 is 26.6. The second-order valence-corrected chi connectivity index (χ2v) is 7.23. The number of phenolic OH excluding ortho intramolecular Hbond substituents is 1. The van der Waals surface area contributed by atoms with Gasteiger partial charge in [0.25, 0.3) is 0 Å². The molecule has 3 aromatic carbocycles. The zero-order valence-corrected chi connectivity index (χ0v) is 16.9. The van der Waals surface area contributed by atoms with Gasteiger partial charge in [-0.3, -0.25) is 4.79 Å². The number of nitrogens with zero attached hydrogens (tertiary/aromatic N) is 2. The van der Waals surface area contributed by atoms with Gasteiger partial charge in [0.05, 0.1) is 24.0 Å². The van der Waals surface area contributed by atoms with E-state index in [4.69, 9.17) is 0 Å². The Morgan fingerprint density at radius 3 is 2.38 bits per heavy atom. The highest BCUT2D eigenvalue weighted by Crippen LogP contribution is 2.23. The van der Waals surface area contributed by atoms with Crippen LogP contribution in [0.15, 0.2) is 79.0 Å². The van der Waals surface area contributed by atoms with Crippen LogP contribution >= 0.6 is 0 Å². The normalized spacial score (nSPS) is 10.7. The maximum absolute atomic E-state index is 13.4. The molecule has 4 aromatic rings. The fourth-order valence-electron chi connectivity index (χ4n) is 3.23. The molecule has 5 nitrogen and oxygen atoms in total. The number of nitrogens with one attached hydrogen (secondary N) is 1. The fraction of sp³-hybridized carbons (Fsp3) is 0.0800. The summed E-state index contributed by atoms with van der Waals surface area (Å²) in [4.78, 5) is 21.6. The highest BCUT2D eigenvalue weighted by molar-refractivity contribution is 5.92. The van der Waals surface area contributed by atoms with Gasteiger partial charge in [0.1, 0.15) is 5.75 Å². The Bertz CT molecular complexity index is 1250. The highest BCUT2D eigenvalue weighted by Gasteiger charge is 2.14. The molecule has 0 fully saturated rings. The predicted molar refractivity (Wildman–Crippen MR) is 117 cm³/mol. The Hall–Kier alpha value is -4.13. The van der Waals surface area contributed by atoms with E-state index < -0.39 is 17.5 Å². The van der Waals surface area contributed by atoms with Gasteiger partial charge in [-0.2, -0.15) is 0 Å². The molecule has 0 unspecified atom stereocenters. The standard InChI is InChI=1S/C25H19F2N3O2/c26-20-11-6-17(12-21(20)27)14-24(32)30-25-22(13-16-4-2-1-3-5-16)29-23(15-28-25)18-7-9-19(31)10-8-18/h1-12,15,31H,13-14H2,(H,28,30,32).